The molecule has 0 aliphatic carbocycles. The molecule has 0 aliphatic rings. The van der Waals surface area contributed by atoms with E-state index < -0.39 is 22.7 Å². The Morgan fingerprint density at radius 1 is 1.40 bits per heavy atom. The number of rotatable bonds is 1. The third-order valence-corrected chi connectivity index (χ3v) is 2.67. The van der Waals surface area contributed by atoms with Gasteiger partial charge in [-0.1, -0.05) is 15.9 Å². The van der Waals surface area contributed by atoms with E-state index in [1.165, 1.54) is 6.92 Å². The van der Waals surface area contributed by atoms with Crippen molar-refractivity contribution in [2.24, 2.45) is 0 Å². The van der Waals surface area contributed by atoms with E-state index in [-0.39, 0.29) is 10.0 Å². The zero-order valence-corrected chi connectivity index (χ0v) is 9.06. The van der Waals surface area contributed by atoms with Crippen molar-refractivity contribution in [1.29, 1.82) is 0 Å². The van der Waals surface area contributed by atoms with Crippen molar-refractivity contribution in [3.8, 4) is 0 Å². The third kappa shape index (κ3) is 2.61. The fourth-order valence-electron chi connectivity index (χ4n) is 1.03. The molecule has 1 N–H and O–H groups in total. The maximum Gasteiger partial charge on any atom is 0.416 e. The molecule has 0 fully saturated rings. The van der Waals surface area contributed by atoms with Crippen molar-refractivity contribution in [2.75, 3.05) is 5.23 Å². The van der Waals surface area contributed by atoms with E-state index in [1.807, 2.05) is 0 Å². The van der Waals surface area contributed by atoms with E-state index in [0.717, 1.165) is 6.07 Å². The van der Waals surface area contributed by atoms with E-state index in [0.29, 0.717) is 6.07 Å². The Morgan fingerprint density at radius 2 is 1.93 bits per heavy atom. The van der Waals surface area contributed by atoms with Gasteiger partial charge in [0.2, 0.25) is 0 Å². The van der Waals surface area contributed by atoms with Gasteiger partial charge in [0.05, 0.1) is 11.3 Å². The highest BCUT2D eigenvalue weighted by atomic mass is 79.9. The molecule has 0 unspecified atom stereocenters. The molecule has 0 amide bonds. The molecule has 0 radical (unpaired) electrons. The number of halogens is 4. The smallest absolute Gasteiger partial charge is 0.416 e. The minimum atomic E-state index is -4.55. The highest BCUT2D eigenvalue weighted by Crippen LogP contribution is 2.36. The Hall–Kier alpha value is -0.790. The Kier molecular flexibility index (Phi) is 3.27. The largest absolute Gasteiger partial charge is 0.733 e. The fourth-order valence-corrected chi connectivity index (χ4v) is 1.48. The summed E-state index contributed by atoms with van der Waals surface area (Å²) in [5, 5.41) is 18.6. The van der Waals surface area contributed by atoms with Crippen LogP contribution in [0.25, 0.3) is 0 Å². The average molecular weight is 285 g/mol. The molecule has 0 saturated heterocycles. The SMILES string of the molecule is Cc1c(Br)cc(C(F)(F)F)cc1N([O-])O. The molecule has 3 nitrogen and oxygen atoms in total. The Bertz CT molecular complexity index is 379. The van der Waals surface area contributed by atoms with Gasteiger partial charge < -0.3 is 10.4 Å². The van der Waals surface area contributed by atoms with Crippen LogP contribution in [0.1, 0.15) is 11.1 Å². The lowest BCUT2D eigenvalue weighted by Crippen LogP contribution is -2.12. The fraction of sp³-hybridized carbons (Fsp3) is 0.250. The number of benzene rings is 1. The number of hydrogen-bond donors (Lipinski definition) is 1. The third-order valence-electron chi connectivity index (χ3n) is 1.85. The van der Waals surface area contributed by atoms with Gasteiger partial charge in [0.1, 0.15) is 0 Å². The molecule has 0 aliphatic heterocycles. The topological polar surface area (TPSA) is 46.5 Å². The lowest BCUT2D eigenvalue weighted by molar-refractivity contribution is -0.137. The summed E-state index contributed by atoms with van der Waals surface area (Å²) in [6.45, 7) is 1.42. The zero-order chi connectivity index (χ0) is 11.8. The van der Waals surface area contributed by atoms with Gasteiger partial charge in [0, 0.05) is 4.47 Å². The maximum atomic E-state index is 12.3. The van der Waals surface area contributed by atoms with Gasteiger partial charge in [-0.3, -0.25) is 5.21 Å². The summed E-state index contributed by atoms with van der Waals surface area (Å²) in [7, 11) is 0. The first kappa shape index (κ1) is 12.3. The highest BCUT2D eigenvalue weighted by Gasteiger charge is 2.31. The summed E-state index contributed by atoms with van der Waals surface area (Å²) in [5.41, 5.74) is -1.19. The molecule has 0 spiro atoms. The highest BCUT2D eigenvalue weighted by molar-refractivity contribution is 9.10. The second-order valence-corrected chi connectivity index (χ2v) is 3.73. The minimum Gasteiger partial charge on any atom is -0.733 e. The standard InChI is InChI=1S/C8H6BrF3NO2/c1-4-6(9)2-5(8(10,11)12)3-7(4)13(14)15/h2-3,14H,1H3/q-1. The molecular formula is C8H6BrF3NO2-. The van der Waals surface area contributed by atoms with Crippen LogP contribution < -0.4 is 5.23 Å². The van der Waals surface area contributed by atoms with Crippen LogP contribution in [-0.2, 0) is 6.18 Å². The molecule has 1 rings (SSSR count). The monoisotopic (exact) mass is 284 g/mol. The Labute approximate surface area is 91.8 Å². The summed E-state index contributed by atoms with van der Waals surface area (Å²) < 4.78 is 37.1. The van der Waals surface area contributed by atoms with Gasteiger partial charge in [-0.2, -0.15) is 13.2 Å². The maximum absolute atomic E-state index is 12.3. The molecule has 0 heterocycles. The van der Waals surface area contributed by atoms with E-state index in [9.17, 15) is 18.4 Å². The molecule has 84 valence electrons. The van der Waals surface area contributed by atoms with Crippen LogP contribution >= 0.6 is 15.9 Å². The summed E-state index contributed by atoms with van der Waals surface area (Å²) >= 11 is 2.88. The van der Waals surface area contributed by atoms with Crippen LogP contribution in [0.5, 0.6) is 0 Å². The van der Waals surface area contributed by atoms with Crippen molar-refractivity contribution in [2.45, 2.75) is 13.1 Å². The van der Waals surface area contributed by atoms with E-state index in [1.54, 1.807) is 0 Å². The lowest BCUT2D eigenvalue weighted by atomic mass is 10.1. The van der Waals surface area contributed by atoms with E-state index in [4.69, 9.17) is 5.21 Å². The normalized spacial score (nSPS) is 11.7. The zero-order valence-electron chi connectivity index (χ0n) is 7.47. The predicted octanol–water partition coefficient (Wildman–Crippen LogP) is 3.47. The van der Waals surface area contributed by atoms with Crippen LogP contribution in [0.15, 0.2) is 16.6 Å². The van der Waals surface area contributed by atoms with Gasteiger partial charge >= 0.3 is 6.18 Å². The first-order valence-corrected chi connectivity index (χ1v) is 4.56. The molecule has 7 heteroatoms. The predicted molar refractivity (Wildman–Crippen MR) is 51.5 cm³/mol. The van der Waals surface area contributed by atoms with Gasteiger partial charge in [-0.15, -0.1) is 0 Å². The summed E-state index contributed by atoms with van der Waals surface area (Å²) in [6, 6.07) is 1.44. The van der Waals surface area contributed by atoms with E-state index in [2.05, 4.69) is 15.9 Å². The Morgan fingerprint density at radius 3 is 2.33 bits per heavy atom. The summed E-state index contributed by atoms with van der Waals surface area (Å²) in [5.74, 6) is 0. The average Bonchev–Trinajstić information content (AvgIpc) is 2.06. The van der Waals surface area contributed by atoms with Crippen LogP contribution in [-0.4, -0.2) is 5.21 Å². The van der Waals surface area contributed by atoms with Gasteiger partial charge in [-0.05, 0) is 24.6 Å². The Balaban J connectivity index is 3.36. The summed E-state index contributed by atoms with van der Waals surface area (Å²) in [4.78, 5) is 0. The number of hydrogen-bond acceptors (Lipinski definition) is 3. The van der Waals surface area contributed by atoms with E-state index >= 15 is 0 Å². The van der Waals surface area contributed by atoms with Crippen molar-refractivity contribution >= 4 is 21.6 Å². The van der Waals surface area contributed by atoms with Crippen LogP contribution in [0.4, 0.5) is 18.9 Å². The van der Waals surface area contributed by atoms with Crippen LogP contribution in [0.2, 0.25) is 0 Å². The summed E-state index contributed by atoms with van der Waals surface area (Å²) in [6.07, 6.45) is -4.55. The van der Waals surface area contributed by atoms with Crippen molar-refractivity contribution in [3.05, 3.63) is 32.9 Å². The molecule has 1 aromatic carbocycles. The first-order chi connectivity index (χ1) is 6.73. The lowest BCUT2D eigenvalue weighted by Gasteiger charge is -2.25. The first-order valence-electron chi connectivity index (χ1n) is 3.77. The number of anilines is 1. The number of nitrogens with zero attached hydrogens (tertiary/aromatic N) is 1. The van der Waals surface area contributed by atoms with Gasteiger partial charge in [0.15, 0.2) is 0 Å². The second-order valence-electron chi connectivity index (χ2n) is 2.87. The van der Waals surface area contributed by atoms with Gasteiger partial charge in [0.25, 0.3) is 0 Å². The molecule has 1 aromatic rings. The molecule has 0 bridgehead atoms. The minimum absolute atomic E-state index is 0.113. The number of alkyl halides is 3. The second kappa shape index (κ2) is 3.99. The molecular weight excluding hydrogens is 279 g/mol. The van der Waals surface area contributed by atoms with Crippen LogP contribution in [0, 0.1) is 12.1 Å². The van der Waals surface area contributed by atoms with Crippen LogP contribution in [0.3, 0.4) is 0 Å². The van der Waals surface area contributed by atoms with Gasteiger partial charge in [-0.25, -0.2) is 0 Å². The van der Waals surface area contributed by atoms with Crippen molar-refractivity contribution in [1.82, 2.24) is 0 Å². The molecule has 0 saturated carbocycles. The van der Waals surface area contributed by atoms with Crippen molar-refractivity contribution < 1.29 is 18.4 Å². The molecule has 15 heavy (non-hydrogen) atoms. The molecule has 0 aromatic heterocycles. The van der Waals surface area contributed by atoms with Crippen molar-refractivity contribution in [3.63, 3.8) is 0 Å². The molecule has 0 atom stereocenters. The quantitative estimate of drug-likeness (QED) is 0.804.